The molecule has 0 radical (unpaired) electrons. The third kappa shape index (κ3) is 3.35. The van der Waals surface area contributed by atoms with Crippen LogP contribution in [-0.2, 0) is 19.8 Å². The van der Waals surface area contributed by atoms with Gasteiger partial charge in [0.2, 0.25) is 0 Å². The highest BCUT2D eigenvalue weighted by Crippen LogP contribution is 2.36. The van der Waals surface area contributed by atoms with Crippen LogP contribution in [0.2, 0.25) is 0 Å². The quantitative estimate of drug-likeness (QED) is 0.926. The number of aliphatic hydroxyl groups is 1. The number of benzene rings is 1. The fourth-order valence-electron chi connectivity index (χ4n) is 2.89. The Morgan fingerprint density at radius 1 is 1.35 bits per heavy atom. The molecule has 2 aromatic rings. The lowest BCUT2D eigenvalue weighted by Crippen LogP contribution is -2.26. The minimum Gasteiger partial charge on any atom is -0.392 e. The summed E-state index contributed by atoms with van der Waals surface area (Å²) in [4.78, 5) is 1.89. The van der Waals surface area contributed by atoms with E-state index in [9.17, 15) is 18.3 Å². The van der Waals surface area contributed by atoms with E-state index in [1.807, 2.05) is 4.90 Å². The molecule has 1 saturated heterocycles. The van der Waals surface area contributed by atoms with Gasteiger partial charge in [-0.3, -0.25) is 4.90 Å². The molecule has 0 amide bonds. The van der Waals surface area contributed by atoms with Gasteiger partial charge in [-0.1, -0.05) is 12.1 Å². The van der Waals surface area contributed by atoms with E-state index < -0.39 is 17.8 Å². The molecule has 3 rings (SSSR count). The van der Waals surface area contributed by atoms with E-state index in [2.05, 4.69) is 15.5 Å². The van der Waals surface area contributed by atoms with Crippen molar-refractivity contribution in [3.05, 3.63) is 41.2 Å². The zero-order valence-electron chi connectivity index (χ0n) is 12.4. The number of aryl methyl sites for hydroxylation is 1. The third-order valence-corrected chi connectivity index (χ3v) is 4.03. The Hall–Kier alpha value is -2.00. The Morgan fingerprint density at radius 3 is 2.78 bits per heavy atom. The van der Waals surface area contributed by atoms with Crippen LogP contribution in [0.25, 0.3) is 0 Å². The maximum Gasteiger partial charge on any atom is 0.416 e. The van der Waals surface area contributed by atoms with E-state index >= 15 is 0 Å². The van der Waals surface area contributed by atoms with E-state index in [0.717, 1.165) is 12.1 Å². The van der Waals surface area contributed by atoms with Crippen LogP contribution in [0.15, 0.2) is 24.3 Å². The summed E-state index contributed by atoms with van der Waals surface area (Å²) in [5.41, 5.74) is -0.150. The van der Waals surface area contributed by atoms with Gasteiger partial charge in [-0.2, -0.15) is 13.2 Å². The molecule has 124 valence electrons. The van der Waals surface area contributed by atoms with Gasteiger partial charge in [0.15, 0.2) is 5.82 Å². The van der Waals surface area contributed by atoms with Gasteiger partial charge in [-0.15, -0.1) is 5.10 Å². The van der Waals surface area contributed by atoms with E-state index in [0.29, 0.717) is 30.9 Å². The summed E-state index contributed by atoms with van der Waals surface area (Å²) in [6.07, 6.45) is -4.59. The van der Waals surface area contributed by atoms with Crippen LogP contribution < -0.4 is 0 Å². The summed E-state index contributed by atoms with van der Waals surface area (Å²) < 4.78 is 40.2. The van der Waals surface area contributed by atoms with Gasteiger partial charge in [-0.25, -0.2) is 4.68 Å². The van der Waals surface area contributed by atoms with Crippen molar-refractivity contribution in [1.29, 1.82) is 0 Å². The van der Waals surface area contributed by atoms with Gasteiger partial charge in [0.1, 0.15) is 0 Å². The fraction of sp³-hybridized carbons (Fsp3) is 0.500. The number of aromatic nitrogens is 4. The number of rotatable bonds is 3. The highest BCUT2D eigenvalue weighted by Gasteiger charge is 2.35. The Kier molecular flexibility index (Phi) is 4.07. The summed E-state index contributed by atoms with van der Waals surface area (Å²) in [5, 5.41) is 21.1. The van der Waals surface area contributed by atoms with Crippen LogP contribution in [0.1, 0.15) is 29.4 Å². The SMILES string of the molecule is Cn1nnnc1CN1C[C@@H](O)C[C@@H]1c1cccc(C(F)(F)F)c1. The molecule has 2 atom stereocenters. The molecule has 6 nitrogen and oxygen atoms in total. The number of hydrogen-bond acceptors (Lipinski definition) is 5. The number of aliphatic hydroxyl groups excluding tert-OH is 1. The lowest BCUT2D eigenvalue weighted by molar-refractivity contribution is -0.137. The number of tetrazole rings is 1. The van der Waals surface area contributed by atoms with Crippen molar-refractivity contribution >= 4 is 0 Å². The third-order valence-electron chi connectivity index (χ3n) is 4.03. The molecule has 0 unspecified atom stereocenters. The van der Waals surface area contributed by atoms with Crippen LogP contribution >= 0.6 is 0 Å². The monoisotopic (exact) mass is 327 g/mol. The average Bonchev–Trinajstić information content (AvgIpc) is 3.05. The molecule has 1 N–H and O–H groups in total. The molecule has 1 aromatic heterocycles. The predicted octanol–water partition coefficient (Wildman–Crippen LogP) is 1.54. The molecule has 0 saturated carbocycles. The smallest absolute Gasteiger partial charge is 0.392 e. The second-order valence-corrected chi connectivity index (χ2v) is 5.68. The molecule has 0 spiro atoms. The van der Waals surface area contributed by atoms with Gasteiger partial charge in [0.25, 0.3) is 0 Å². The predicted molar refractivity (Wildman–Crippen MR) is 74.0 cm³/mol. The number of likely N-dealkylation sites (tertiary alicyclic amines) is 1. The molecule has 1 aliphatic rings. The van der Waals surface area contributed by atoms with Crippen LogP contribution in [0.5, 0.6) is 0 Å². The summed E-state index contributed by atoms with van der Waals surface area (Å²) in [6, 6.07) is 4.94. The van der Waals surface area contributed by atoms with Gasteiger partial charge >= 0.3 is 6.18 Å². The van der Waals surface area contributed by atoms with Gasteiger partial charge in [0, 0.05) is 19.6 Å². The van der Waals surface area contributed by atoms with E-state index in [1.54, 1.807) is 13.1 Å². The van der Waals surface area contributed by atoms with Crippen molar-refractivity contribution in [2.24, 2.45) is 7.05 Å². The van der Waals surface area contributed by atoms with Crippen LogP contribution in [0, 0.1) is 0 Å². The van der Waals surface area contributed by atoms with Crippen molar-refractivity contribution in [2.45, 2.75) is 31.3 Å². The summed E-state index contributed by atoms with van der Waals surface area (Å²) in [5.74, 6) is 0.594. The highest BCUT2D eigenvalue weighted by molar-refractivity contribution is 5.29. The van der Waals surface area contributed by atoms with Crippen molar-refractivity contribution in [3.8, 4) is 0 Å². The number of β-amino-alcohol motifs (C(OH)–C–C–N with tert-alkyl or cyclic N) is 1. The lowest BCUT2D eigenvalue weighted by Gasteiger charge is -2.24. The Bertz CT molecular complexity index is 687. The first-order valence-electron chi connectivity index (χ1n) is 7.15. The van der Waals surface area contributed by atoms with Gasteiger partial charge in [-0.05, 0) is 34.5 Å². The molecular formula is C14H16F3N5O. The minimum absolute atomic E-state index is 0.302. The molecule has 1 fully saturated rings. The Morgan fingerprint density at radius 2 is 2.13 bits per heavy atom. The first-order valence-corrected chi connectivity index (χ1v) is 7.15. The number of hydrogen-bond donors (Lipinski definition) is 1. The second kappa shape index (κ2) is 5.89. The van der Waals surface area contributed by atoms with Gasteiger partial charge < -0.3 is 5.11 Å². The van der Waals surface area contributed by atoms with Gasteiger partial charge in [0.05, 0.1) is 18.2 Å². The zero-order valence-corrected chi connectivity index (χ0v) is 12.4. The van der Waals surface area contributed by atoms with Crippen LogP contribution in [0.3, 0.4) is 0 Å². The second-order valence-electron chi connectivity index (χ2n) is 5.68. The van der Waals surface area contributed by atoms with Crippen molar-refractivity contribution < 1.29 is 18.3 Å². The maximum atomic E-state index is 12.9. The molecule has 0 bridgehead atoms. The normalized spacial score (nSPS) is 22.7. The molecule has 1 aliphatic heterocycles. The first kappa shape index (κ1) is 15.9. The standard InChI is InChI=1S/C14H16F3N5O/c1-21-13(18-19-20-21)8-22-7-11(23)6-12(22)9-3-2-4-10(5-9)14(15,16)17/h2-5,11-12,23H,6-8H2,1H3/t11-,12+/m0/s1. The molecule has 2 heterocycles. The molecular weight excluding hydrogens is 311 g/mol. The number of alkyl halides is 3. The zero-order chi connectivity index (χ0) is 16.6. The molecule has 23 heavy (non-hydrogen) atoms. The highest BCUT2D eigenvalue weighted by atomic mass is 19.4. The van der Waals surface area contributed by atoms with Crippen LogP contribution in [0.4, 0.5) is 13.2 Å². The summed E-state index contributed by atoms with van der Waals surface area (Å²) >= 11 is 0. The number of halogens is 3. The molecule has 0 aliphatic carbocycles. The Balaban J connectivity index is 1.86. The summed E-state index contributed by atoms with van der Waals surface area (Å²) in [7, 11) is 1.70. The van der Waals surface area contributed by atoms with Crippen molar-refractivity contribution in [2.75, 3.05) is 6.54 Å². The first-order chi connectivity index (χ1) is 10.8. The van der Waals surface area contributed by atoms with Crippen molar-refractivity contribution in [1.82, 2.24) is 25.1 Å². The average molecular weight is 327 g/mol. The molecule has 1 aromatic carbocycles. The largest absolute Gasteiger partial charge is 0.416 e. The van der Waals surface area contributed by atoms with Crippen molar-refractivity contribution in [3.63, 3.8) is 0 Å². The van der Waals surface area contributed by atoms with Crippen LogP contribution in [-0.4, -0.2) is 42.9 Å². The van der Waals surface area contributed by atoms with E-state index in [-0.39, 0.29) is 6.04 Å². The molecule has 9 heteroatoms. The topological polar surface area (TPSA) is 67.1 Å². The Labute approximate surface area is 130 Å². The minimum atomic E-state index is -4.38. The maximum absolute atomic E-state index is 12.9. The van der Waals surface area contributed by atoms with E-state index in [1.165, 1.54) is 10.7 Å². The lowest BCUT2D eigenvalue weighted by atomic mass is 10.0. The summed E-state index contributed by atoms with van der Waals surface area (Å²) in [6.45, 7) is 0.731. The fourth-order valence-corrected chi connectivity index (χ4v) is 2.89. The number of nitrogens with zero attached hydrogens (tertiary/aromatic N) is 5. The van der Waals surface area contributed by atoms with E-state index in [4.69, 9.17) is 0 Å².